The minimum absolute atomic E-state index is 0.167. The van der Waals surface area contributed by atoms with Crippen LogP contribution in [0.25, 0.3) is 11.2 Å². The van der Waals surface area contributed by atoms with E-state index in [9.17, 15) is 4.79 Å². The molecule has 3 aromatic heterocycles. The highest BCUT2D eigenvalue weighted by Crippen LogP contribution is 2.15. The lowest BCUT2D eigenvalue weighted by atomic mass is 10.4. The Balaban J connectivity index is 0.000000328. The highest BCUT2D eigenvalue weighted by atomic mass is 16.3. The van der Waals surface area contributed by atoms with Gasteiger partial charge in [-0.15, -0.1) is 0 Å². The van der Waals surface area contributed by atoms with Gasteiger partial charge in [0.1, 0.15) is 23.4 Å². The maximum absolute atomic E-state index is 9.44. The van der Waals surface area contributed by atoms with Gasteiger partial charge in [0.25, 0.3) is 0 Å². The lowest BCUT2D eigenvalue weighted by Crippen LogP contribution is -2.01. The molecule has 0 aliphatic carbocycles. The Bertz CT molecular complexity index is 671. The van der Waals surface area contributed by atoms with Crippen LogP contribution < -0.4 is 5.32 Å². The molecule has 0 aliphatic heterocycles. The van der Waals surface area contributed by atoms with Crippen LogP contribution in [0.3, 0.4) is 0 Å². The second-order valence-corrected chi connectivity index (χ2v) is 4.16. The molecule has 0 fully saturated rings. The first kappa shape index (κ1) is 13.7. The normalized spacial score (nSPS) is 9.90. The van der Waals surface area contributed by atoms with Gasteiger partial charge < -0.3 is 19.5 Å². The standard InChI is InChI=1S/C10H9N5O.C3H6O/c1-2-7(16-3-1)4-11-9-8-10(13-5-12-8)15-6-14-9;1-3(2)4/h1-3,5-6H,4H2,(H2,11,12,13,14,15);1-2H3. The number of imidazole rings is 1. The first-order chi connectivity index (χ1) is 9.66. The predicted molar refractivity (Wildman–Crippen MR) is 74.1 cm³/mol. The molecular formula is C13H15N5O2. The number of carbonyl (C=O) groups is 1. The highest BCUT2D eigenvalue weighted by Gasteiger charge is 2.05. The Labute approximate surface area is 115 Å². The maximum Gasteiger partial charge on any atom is 0.182 e. The van der Waals surface area contributed by atoms with E-state index in [1.165, 1.54) is 20.2 Å². The van der Waals surface area contributed by atoms with Crippen LogP contribution in [-0.2, 0) is 11.3 Å². The summed E-state index contributed by atoms with van der Waals surface area (Å²) in [5.74, 6) is 1.74. The van der Waals surface area contributed by atoms with Crippen molar-refractivity contribution in [3.05, 3.63) is 36.8 Å². The molecule has 0 bridgehead atoms. The van der Waals surface area contributed by atoms with E-state index < -0.39 is 0 Å². The van der Waals surface area contributed by atoms with Crippen molar-refractivity contribution in [2.75, 3.05) is 5.32 Å². The minimum atomic E-state index is 0.167. The number of carbonyl (C=O) groups excluding carboxylic acids is 1. The lowest BCUT2D eigenvalue weighted by molar-refractivity contribution is -0.114. The number of anilines is 1. The third-order valence-corrected chi connectivity index (χ3v) is 2.23. The van der Waals surface area contributed by atoms with Crippen molar-refractivity contribution in [1.29, 1.82) is 0 Å². The summed E-state index contributed by atoms with van der Waals surface area (Å²) in [5, 5.41) is 3.16. The largest absolute Gasteiger partial charge is 0.467 e. The number of H-pyrrole nitrogens is 1. The lowest BCUT2D eigenvalue weighted by Gasteiger charge is -2.03. The van der Waals surface area contributed by atoms with E-state index in [2.05, 4.69) is 25.3 Å². The Morgan fingerprint density at radius 3 is 2.85 bits per heavy atom. The van der Waals surface area contributed by atoms with Gasteiger partial charge in [0, 0.05) is 0 Å². The van der Waals surface area contributed by atoms with Crippen LogP contribution in [0.4, 0.5) is 5.82 Å². The van der Waals surface area contributed by atoms with Gasteiger partial charge in [-0.2, -0.15) is 0 Å². The van der Waals surface area contributed by atoms with Crippen molar-refractivity contribution < 1.29 is 9.21 Å². The minimum Gasteiger partial charge on any atom is -0.467 e. The zero-order chi connectivity index (χ0) is 14.4. The molecule has 104 valence electrons. The van der Waals surface area contributed by atoms with E-state index in [4.69, 9.17) is 4.42 Å². The molecule has 3 heterocycles. The molecule has 20 heavy (non-hydrogen) atoms. The number of furan rings is 1. The van der Waals surface area contributed by atoms with E-state index in [1.54, 1.807) is 12.6 Å². The first-order valence-corrected chi connectivity index (χ1v) is 6.04. The smallest absolute Gasteiger partial charge is 0.182 e. The number of hydrogen-bond acceptors (Lipinski definition) is 6. The van der Waals surface area contributed by atoms with Gasteiger partial charge in [0.2, 0.25) is 0 Å². The van der Waals surface area contributed by atoms with Crippen LogP contribution in [0.5, 0.6) is 0 Å². The molecule has 0 radical (unpaired) electrons. The third kappa shape index (κ3) is 3.64. The molecule has 0 aromatic carbocycles. The number of Topliss-reactive ketones (excluding diaryl/α,β-unsaturated/α-hetero) is 1. The average molecular weight is 273 g/mol. The average Bonchev–Trinajstić information content (AvgIpc) is 3.06. The summed E-state index contributed by atoms with van der Waals surface area (Å²) in [6.07, 6.45) is 4.72. The van der Waals surface area contributed by atoms with Crippen LogP contribution in [0.1, 0.15) is 19.6 Å². The number of fused-ring (bicyclic) bond motifs is 1. The maximum atomic E-state index is 9.44. The van der Waals surface area contributed by atoms with Crippen molar-refractivity contribution in [3.8, 4) is 0 Å². The molecule has 3 aromatic rings. The van der Waals surface area contributed by atoms with E-state index in [1.807, 2.05) is 12.1 Å². The van der Waals surface area contributed by atoms with Gasteiger partial charge in [0.15, 0.2) is 11.5 Å². The molecule has 0 atom stereocenters. The number of ketones is 1. The number of nitrogens with one attached hydrogen (secondary N) is 2. The summed E-state index contributed by atoms with van der Waals surface area (Å²) in [6, 6.07) is 3.75. The summed E-state index contributed by atoms with van der Waals surface area (Å²) >= 11 is 0. The fourth-order valence-corrected chi connectivity index (χ4v) is 1.48. The fraction of sp³-hybridized carbons (Fsp3) is 0.231. The molecule has 0 unspecified atom stereocenters. The second-order valence-electron chi connectivity index (χ2n) is 4.16. The van der Waals surface area contributed by atoms with Crippen LogP contribution in [0.2, 0.25) is 0 Å². The fourth-order valence-electron chi connectivity index (χ4n) is 1.48. The molecule has 0 saturated carbocycles. The predicted octanol–water partition coefficient (Wildman–Crippen LogP) is 2.15. The summed E-state index contributed by atoms with van der Waals surface area (Å²) in [6.45, 7) is 3.64. The van der Waals surface area contributed by atoms with Crippen molar-refractivity contribution >= 4 is 22.8 Å². The summed E-state index contributed by atoms with van der Waals surface area (Å²) in [5.41, 5.74) is 1.45. The van der Waals surface area contributed by atoms with Crippen molar-refractivity contribution in [2.45, 2.75) is 20.4 Å². The van der Waals surface area contributed by atoms with Crippen LogP contribution in [-0.4, -0.2) is 25.7 Å². The molecule has 7 heteroatoms. The van der Waals surface area contributed by atoms with Crippen LogP contribution in [0, 0.1) is 0 Å². The number of nitrogens with zero attached hydrogens (tertiary/aromatic N) is 3. The van der Waals surface area contributed by atoms with E-state index in [0.717, 1.165) is 17.1 Å². The molecule has 0 saturated heterocycles. The third-order valence-electron chi connectivity index (χ3n) is 2.23. The topological polar surface area (TPSA) is 96.7 Å². The van der Waals surface area contributed by atoms with Crippen molar-refractivity contribution in [3.63, 3.8) is 0 Å². The number of rotatable bonds is 3. The van der Waals surface area contributed by atoms with E-state index >= 15 is 0 Å². The molecule has 3 rings (SSSR count). The summed E-state index contributed by atoms with van der Waals surface area (Å²) in [4.78, 5) is 24.7. The highest BCUT2D eigenvalue weighted by molar-refractivity contribution is 5.81. The van der Waals surface area contributed by atoms with Gasteiger partial charge in [0.05, 0.1) is 19.1 Å². The first-order valence-electron chi connectivity index (χ1n) is 6.04. The molecular weight excluding hydrogens is 258 g/mol. The van der Waals surface area contributed by atoms with E-state index in [0.29, 0.717) is 12.2 Å². The quantitative estimate of drug-likeness (QED) is 0.759. The van der Waals surface area contributed by atoms with Crippen LogP contribution in [0.15, 0.2) is 35.5 Å². The zero-order valence-corrected chi connectivity index (χ0v) is 11.3. The Hall–Kier alpha value is -2.70. The Morgan fingerprint density at radius 2 is 2.15 bits per heavy atom. The number of hydrogen-bond donors (Lipinski definition) is 2. The zero-order valence-electron chi connectivity index (χ0n) is 11.3. The van der Waals surface area contributed by atoms with Crippen molar-refractivity contribution in [2.24, 2.45) is 0 Å². The summed E-state index contributed by atoms with van der Waals surface area (Å²) < 4.78 is 5.22. The summed E-state index contributed by atoms with van der Waals surface area (Å²) in [7, 11) is 0. The Kier molecular flexibility index (Phi) is 4.43. The van der Waals surface area contributed by atoms with Crippen LogP contribution >= 0.6 is 0 Å². The SMILES string of the molecule is CC(C)=O.c1coc(CNc2ncnc3nc[nH]c23)c1. The van der Waals surface area contributed by atoms with E-state index in [-0.39, 0.29) is 5.78 Å². The van der Waals surface area contributed by atoms with Gasteiger partial charge in [-0.25, -0.2) is 15.0 Å². The molecule has 7 nitrogen and oxygen atoms in total. The van der Waals surface area contributed by atoms with Crippen molar-refractivity contribution in [1.82, 2.24) is 19.9 Å². The number of aromatic amines is 1. The van der Waals surface area contributed by atoms with Gasteiger partial charge >= 0.3 is 0 Å². The van der Waals surface area contributed by atoms with Gasteiger partial charge in [-0.3, -0.25) is 0 Å². The Morgan fingerprint density at radius 1 is 1.35 bits per heavy atom. The molecule has 0 spiro atoms. The second kappa shape index (κ2) is 6.46. The van der Waals surface area contributed by atoms with Gasteiger partial charge in [-0.05, 0) is 26.0 Å². The number of aromatic nitrogens is 4. The molecule has 0 amide bonds. The molecule has 0 aliphatic rings. The molecule has 2 N–H and O–H groups in total. The monoisotopic (exact) mass is 273 g/mol. The van der Waals surface area contributed by atoms with Gasteiger partial charge in [-0.1, -0.05) is 0 Å².